The van der Waals surface area contributed by atoms with Crippen molar-refractivity contribution in [3.63, 3.8) is 0 Å². The highest BCUT2D eigenvalue weighted by Crippen LogP contribution is 2.31. The van der Waals surface area contributed by atoms with E-state index in [0.29, 0.717) is 29.1 Å². The molecule has 2 saturated heterocycles. The van der Waals surface area contributed by atoms with Crippen molar-refractivity contribution < 1.29 is 4.79 Å². The molecule has 33 heavy (non-hydrogen) atoms. The Labute approximate surface area is 192 Å². The molecule has 0 saturated carbocycles. The first kappa shape index (κ1) is 20.1. The Hall–Kier alpha value is -3.55. The summed E-state index contributed by atoms with van der Waals surface area (Å²) < 4.78 is 0. The fourth-order valence-corrected chi connectivity index (χ4v) is 5.07. The molecule has 0 atom stereocenters. The van der Waals surface area contributed by atoms with E-state index in [0.717, 1.165) is 68.2 Å². The number of rotatable bonds is 4. The second kappa shape index (κ2) is 8.42. The number of hydrogen-bond acceptors (Lipinski definition) is 8. The summed E-state index contributed by atoms with van der Waals surface area (Å²) in [7, 11) is 0. The Morgan fingerprint density at radius 1 is 0.727 bits per heavy atom. The molecule has 0 bridgehead atoms. The van der Waals surface area contributed by atoms with E-state index in [-0.39, 0.29) is 5.78 Å². The predicted molar refractivity (Wildman–Crippen MR) is 130 cm³/mol. The van der Waals surface area contributed by atoms with E-state index in [2.05, 4.69) is 30.3 Å². The van der Waals surface area contributed by atoms with E-state index < -0.39 is 0 Å². The van der Waals surface area contributed by atoms with Crippen LogP contribution in [0.1, 0.15) is 54.4 Å². The van der Waals surface area contributed by atoms with Gasteiger partial charge in [-0.15, -0.1) is 0 Å². The fourth-order valence-electron chi connectivity index (χ4n) is 5.07. The smallest absolute Gasteiger partial charge is 0.250 e. The van der Waals surface area contributed by atoms with Crippen LogP contribution < -0.4 is 15.2 Å². The molecule has 3 aliphatic rings. The van der Waals surface area contributed by atoms with Crippen molar-refractivity contribution in [2.24, 2.45) is 5.10 Å². The lowest BCUT2D eigenvalue weighted by molar-refractivity contribution is 0.107. The lowest BCUT2D eigenvalue weighted by Crippen LogP contribution is -2.34. The first-order valence-corrected chi connectivity index (χ1v) is 11.9. The van der Waals surface area contributed by atoms with Gasteiger partial charge in [-0.2, -0.15) is 20.1 Å². The number of benzene rings is 2. The number of anilines is 3. The zero-order valence-corrected chi connectivity index (χ0v) is 18.6. The second-order valence-electron chi connectivity index (χ2n) is 8.97. The molecular weight excluding hydrogens is 414 g/mol. The Bertz CT molecular complexity index is 1200. The van der Waals surface area contributed by atoms with Crippen molar-refractivity contribution in [1.82, 2.24) is 15.0 Å². The molecule has 8 nitrogen and oxygen atoms in total. The summed E-state index contributed by atoms with van der Waals surface area (Å²) >= 11 is 0. The first-order valence-electron chi connectivity index (χ1n) is 11.9. The third-order valence-corrected chi connectivity index (χ3v) is 6.78. The van der Waals surface area contributed by atoms with Crippen LogP contribution in [0.4, 0.5) is 17.8 Å². The van der Waals surface area contributed by atoms with Gasteiger partial charge in [-0.25, -0.2) is 5.43 Å². The highest BCUT2D eigenvalue weighted by Gasteiger charge is 2.29. The molecule has 0 spiro atoms. The summed E-state index contributed by atoms with van der Waals surface area (Å²) in [6.07, 6.45) is 7.07. The normalized spacial score (nSPS) is 19.5. The maximum atomic E-state index is 13.1. The number of carbonyl (C=O) groups is 1. The number of carbonyl (C=O) groups excluding carboxylic acids is 1. The molecule has 1 aromatic heterocycles. The zero-order chi connectivity index (χ0) is 22.2. The predicted octanol–water partition coefficient (Wildman–Crippen LogP) is 4.02. The van der Waals surface area contributed by atoms with E-state index in [1.807, 2.05) is 36.4 Å². The van der Waals surface area contributed by atoms with Gasteiger partial charge < -0.3 is 9.80 Å². The molecule has 0 unspecified atom stereocenters. The molecule has 168 valence electrons. The van der Waals surface area contributed by atoms with Gasteiger partial charge in [0.15, 0.2) is 0 Å². The summed E-state index contributed by atoms with van der Waals surface area (Å²) in [5.74, 6) is 1.69. The van der Waals surface area contributed by atoms with Crippen LogP contribution in [0.25, 0.3) is 10.8 Å². The molecule has 3 aromatic rings. The van der Waals surface area contributed by atoms with Crippen molar-refractivity contribution in [1.29, 1.82) is 0 Å². The minimum absolute atomic E-state index is 0.0733. The number of hydrogen-bond donors (Lipinski definition) is 1. The van der Waals surface area contributed by atoms with Crippen molar-refractivity contribution in [3.8, 4) is 0 Å². The van der Waals surface area contributed by atoms with Gasteiger partial charge in [0.25, 0.3) is 0 Å². The Balaban J connectivity index is 1.35. The van der Waals surface area contributed by atoms with Gasteiger partial charge in [-0.3, -0.25) is 4.79 Å². The molecule has 8 heteroatoms. The van der Waals surface area contributed by atoms with Crippen LogP contribution in [-0.2, 0) is 0 Å². The number of ketones is 1. The molecule has 2 aromatic carbocycles. The maximum absolute atomic E-state index is 13.1. The molecule has 6 rings (SSSR count). The standard InChI is InChI=1S/C25H27N7O/c33-22-19-12-8-10-17-9-7-11-18(20(17)19)21(22)29-30-23-26-24(31-13-3-1-4-14-31)28-25(27-23)32-15-5-2-6-16-32/h7-12H,1-6,13-16H2,(H,26,27,28,30). The summed E-state index contributed by atoms with van der Waals surface area (Å²) in [5, 5.41) is 6.52. The quantitative estimate of drug-likeness (QED) is 0.612. The number of piperidine rings is 2. The van der Waals surface area contributed by atoms with Gasteiger partial charge >= 0.3 is 0 Å². The molecule has 2 fully saturated rings. The summed E-state index contributed by atoms with van der Waals surface area (Å²) in [6, 6.07) is 11.7. The van der Waals surface area contributed by atoms with Gasteiger partial charge in [-0.1, -0.05) is 36.4 Å². The lowest BCUT2D eigenvalue weighted by atomic mass is 10.1. The summed E-state index contributed by atoms with van der Waals surface area (Å²) in [5.41, 5.74) is 4.96. The van der Waals surface area contributed by atoms with E-state index in [1.54, 1.807) is 0 Å². The van der Waals surface area contributed by atoms with E-state index in [4.69, 9.17) is 4.98 Å². The highest BCUT2D eigenvalue weighted by molar-refractivity contribution is 6.59. The van der Waals surface area contributed by atoms with E-state index in [9.17, 15) is 4.79 Å². The van der Waals surface area contributed by atoms with Gasteiger partial charge in [0.05, 0.1) is 0 Å². The largest absolute Gasteiger partial charge is 0.341 e. The molecule has 3 heterocycles. The summed E-state index contributed by atoms with van der Waals surface area (Å²) in [6.45, 7) is 3.81. The van der Waals surface area contributed by atoms with Crippen LogP contribution in [0.2, 0.25) is 0 Å². The number of aromatic nitrogens is 3. The highest BCUT2D eigenvalue weighted by atomic mass is 16.1. The first-order chi connectivity index (χ1) is 16.3. The van der Waals surface area contributed by atoms with E-state index >= 15 is 0 Å². The number of nitrogens with zero attached hydrogens (tertiary/aromatic N) is 6. The molecule has 1 N–H and O–H groups in total. The Morgan fingerprint density at radius 3 is 1.91 bits per heavy atom. The van der Waals surface area contributed by atoms with Gasteiger partial charge in [0.1, 0.15) is 5.71 Å². The molecule has 0 amide bonds. The van der Waals surface area contributed by atoms with Crippen molar-refractivity contribution >= 4 is 40.1 Å². The molecule has 2 aliphatic heterocycles. The second-order valence-corrected chi connectivity index (χ2v) is 8.97. The van der Waals surface area contributed by atoms with Gasteiger partial charge in [0.2, 0.25) is 23.6 Å². The zero-order valence-electron chi connectivity index (χ0n) is 18.6. The Kier molecular flexibility index (Phi) is 5.13. The maximum Gasteiger partial charge on any atom is 0.250 e. The van der Waals surface area contributed by atoms with Crippen molar-refractivity contribution in [2.45, 2.75) is 38.5 Å². The van der Waals surface area contributed by atoms with Gasteiger partial charge in [-0.05, 0) is 43.9 Å². The lowest BCUT2D eigenvalue weighted by Gasteiger charge is -2.30. The van der Waals surface area contributed by atoms with Crippen LogP contribution >= 0.6 is 0 Å². The third-order valence-electron chi connectivity index (χ3n) is 6.78. The topological polar surface area (TPSA) is 86.6 Å². The fraction of sp³-hybridized carbons (Fsp3) is 0.400. The van der Waals surface area contributed by atoms with E-state index in [1.165, 1.54) is 12.8 Å². The van der Waals surface area contributed by atoms with Crippen LogP contribution in [0, 0.1) is 0 Å². The van der Waals surface area contributed by atoms with Crippen LogP contribution in [0.15, 0.2) is 41.5 Å². The Morgan fingerprint density at radius 2 is 1.30 bits per heavy atom. The number of nitrogens with one attached hydrogen (secondary N) is 1. The average molecular weight is 442 g/mol. The van der Waals surface area contributed by atoms with Crippen molar-refractivity contribution in [3.05, 3.63) is 47.5 Å². The molecule has 1 aliphatic carbocycles. The number of Topliss-reactive ketones (excluding diaryl/α,β-unsaturated/α-hetero) is 1. The molecular formula is C25H27N7O. The molecule has 0 radical (unpaired) electrons. The minimum Gasteiger partial charge on any atom is -0.341 e. The van der Waals surface area contributed by atoms with Crippen LogP contribution in [0.5, 0.6) is 0 Å². The van der Waals surface area contributed by atoms with Crippen LogP contribution in [-0.4, -0.2) is 52.6 Å². The SMILES string of the molecule is O=C1C(=NNc2nc(N3CCCCC3)nc(N3CCCCC3)n2)c2cccc3cccc1c23. The average Bonchev–Trinajstić information content (AvgIpc) is 3.16. The minimum atomic E-state index is -0.0733. The monoisotopic (exact) mass is 441 g/mol. The number of hydrazone groups is 1. The third kappa shape index (κ3) is 3.69. The summed E-state index contributed by atoms with van der Waals surface area (Å²) in [4.78, 5) is 31.7. The van der Waals surface area contributed by atoms with Gasteiger partial charge in [0, 0.05) is 42.7 Å². The van der Waals surface area contributed by atoms with Crippen molar-refractivity contribution in [2.75, 3.05) is 41.4 Å². The van der Waals surface area contributed by atoms with Crippen LogP contribution in [0.3, 0.4) is 0 Å².